The summed E-state index contributed by atoms with van der Waals surface area (Å²) in [6.45, 7) is 2.25. The highest BCUT2D eigenvalue weighted by Gasteiger charge is 2.39. The van der Waals surface area contributed by atoms with Gasteiger partial charge in [0.25, 0.3) is 5.69 Å². The molecule has 5 heteroatoms. The SMILES string of the molecule is C[C@H](O)c1cc([N+](=O)[O-])ccc1OCC1CC2CCC1C2. The Kier molecular flexibility index (Phi) is 3.85. The quantitative estimate of drug-likeness (QED) is 0.666. The molecule has 0 spiro atoms. The standard InChI is InChI=1S/C16H21NO4/c1-10(18)15-8-14(17(19)20)4-5-16(15)21-9-13-7-11-2-3-12(13)6-11/h4-5,8,10-13,18H,2-3,6-7,9H2,1H3/t10-,11?,12?,13?/m0/s1. The Morgan fingerprint density at radius 3 is 2.81 bits per heavy atom. The molecule has 0 aromatic heterocycles. The summed E-state index contributed by atoms with van der Waals surface area (Å²) in [5, 5.41) is 20.6. The number of nitrogens with zero attached hydrogens (tertiary/aromatic N) is 1. The molecule has 3 rings (SSSR count). The van der Waals surface area contributed by atoms with Crippen molar-refractivity contribution in [2.24, 2.45) is 17.8 Å². The Bertz CT molecular complexity index is 543. The Morgan fingerprint density at radius 2 is 2.24 bits per heavy atom. The van der Waals surface area contributed by atoms with Gasteiger partial charge in [-0.05, 0) is 50.0 Å². The van der Waals surface area contributed by atoms with Gasteiger partial charge in [0, 0.05) is 17.7 Å². The van der Waals surface area contributed by atoms with Crippen LogP contribution in [-0.2, 0) is 0 Å². The van der Waals surface area contributed by atoms with Gasteiger partial charge < -0.3 is 9.84 Å². The maximum Gasteiger partial charge on any atom is 0.270 e. The lowest BCUT2D eigenvalue weighted by molar-refractivity contribution is -0.385. The molecule has 0 radical (unpaired) electrons. The van der Waals surface area contributed by atoms with E-state index in [-0.39, 0.29) is 5.69 Å². The van der Waals surface area contributed by atoms with Gasteiger partial charge in [0.05, 0.1) is 17.6 Å². The van der Waals surface area contributed by atoms with Crippen LogP contribution >= 0.6 is 0 Å². The average Bonchev–Trinajstić information content (AvgIpc) is 3.07. The molecule has 1 N–H and O–H groups in total. The van der Waals surface area contributed by atoms with Crippen LogP contribution in [-0.4, -0.2) is 16.6 Å². The van der Waals surface area contributed by atoms with Crippen molar-refractivity contribution in [3.63, 3.8) is 0 Å². The number of aliphatic hydroxyl groups is 1. The summed E-state index contributed by atoms with van der Waals surface area (Å²) in [5.74, 6) is 2.82. The highest BCUT2D eigenvalue weighted by Crippen LogP contribution is 2.48. The number of aliphatic hydroxyl groups excluding tert-OH is 1. The Balaban J connectivity index is 1.71. The van der Waals surface area contributed by atoms with Crippen LogP contribution in [0.1, 0.15) is 44.3 Å². The number of non-ortho nitro benzene ring substituents is 1. The lowest BCUT2D eigenvalue weighted by Crippen LogP contribution is -2.19. The Morgan fingerprint density at radius 1 is 1.43 bits per heavy atom. The molecule has 2 bridgehead atoms. The first kappa shape index (κ1) is 14.3. The fourth-order valence-corrected chi connectivity index (χ4v) is 3.88. The van der Waals surface area contributed by atoms with Crippen molar-refractivity contribution in [3.8, 4) is 5.75 Å². The van der Waals surface area contributed by atoms with E-state index in [0.717, 1.165) is 11.8 Å². The zero-order valence-corrected chi connectivity index (χ0v) is 12.2. The van der Waals surface area contributed by atoms with Crippen molar-refractivity contribution < 1.29 is 14.8 Å². The summed E-state index contributed by atoms with van der Waals surface area (Å²) in [5.41, 5.74) is 0.477. The van der Waals surface area contributed by atoms with Gasteiger partial charge in [0.2, 0.25) is 0 Å². The number of nitro benzene ring substituents is 1. The minimum Gasteiger partial charge on any atom is -0.493 e. The van der Waals surface area contributed by atoms with Crippen molar-refractivity contribution >= 4 is 5.69 Å². The van der Waals surface area contributed by atoms with Gasteiger partial charge in [-0.25, -0.2) is 0 Å². The number of benzene rings is 1. The fraction of sp³-hybridized carbons (Fsp3) is 0.625. The zero-order valence-electron chi connectivity index (χ0n) is 12.2. The second-order valence-electron chi connectivity index (χ2n) is 6.40. The minimum absolute atomic E-state index is 0.0156. The van der Waals surface area contributed by atoms with Crippen LogP contribution in [0.15, 0.2) is 18.2 Å². The summed E-state index contributed by atoms with van der Waals surface area (Å²) >= 11 is 0. The summed E-state index contributed by atoms with van der Waals surface area (Å²) < 4.78 is 5.89. The van der Waals surface area contributed by atoms with Gasteiger partial charge in [-0.2, -0.15) is 0 Å². The molecular weight excluding hydrogens is 270 g/mol. The molecule has 3 unspecified atom stereocenters. The van der Waals surface area contributed by atoms with Gasteiger partial charge in [0.15, 0.2) is 0 Å². The molecule has 21 heavy (non-hydrogen) atoms. The van der Waals surface area contributed by atoms with Gasteiger partial charge in [-0.3, -0.25) is 10.1 Å². The topological polar surface area (TPSA) is 72.6 Å². The van der Waals surface area contributed by atoms with Crippen LogP contribution in [0.4, 0.5) is 5.69 Å². The van der Waals surface area contributed by atoms with E-state index in [1.807, 2.05) is 0 Å². The van der Waals surface area contributed by atoms with E-state index in [2.05, 4.69) is 0 Å². The van der Waals surface area contributed by atoms with E-state index >= 15 is 0 Å². The van der Waals surface area contributed by atoms with E-state index in [1.165, 1.54) is 37.8 Å². The average molecular weight is 291 g/mol. The Labute approximate surface area is 124 Å². The first-order valence-electron chi connectivity index (χ1n) is 7.63. The van der Waals surface area contributed by atoms with Crippen molar-refractivity contribution in [1.29, 1.82) is 0 Å². The van der Waals surface area contributed by atoms with Crippen LogP contribution in [0.5, 0.6) is 5.75 Å². The van der Waals surface area contributed by atoms with E-state index in [1.54, 1.807) is 13.0 Å². The van der Waals surface area contributed by atoms with Crippen molar-refractivity contribution in [2.45, 2.75) is 38.7 Å². The molecule has 0 aliphatic heterocycles. The van der Waals surface area contributed by atoms with Crippen molar-refractivity contribution in [1.82, 2.24) is 0 Å². The van der Waals surface area contributed by atoms with Crippen molar-refractivity contribution in [3.05, 3.63) is 33.9 Å². The molecule has 2 aliphatic rings. The van der Waals surface area contributed by atoms with Crippen LogP contribution in [0.25, 0.3) is 0 Å². The van der Waals surface area contributed by atoms with E-state index < -0.39 is 11.0 Å². The molecule has 0 saturated heterocycles. The fourth-order valence-electron chi connectivity index (χ4n) is 3.88. The van der Waals surface area contributed by atoms with Gasteiger partial charge in [-0.15, -0.1) is 0 Å². The van der Waals surface area contributed by atoms with Gasteiger partial charge >= 0.3 is 0 Å². The highest BCUT2D eigenvalue weighted by molar-refractivity contribution is 5.44. The smallest absolute Gasteiger partial charge is 0.270 e. The molecule has 5 nitrogen and oxygen atoms in total. The van der Waals surface area contributed by atoms with E-state index in [4.69, 9.17) is 4.74 Å². The summed E-state index contributed by atoms with van der Waals surface area (Å²) in [6.07, 6.45) is 4.46. The minimum atomic E-state index is -0.778. The third kappa shape index (κ3) is 2.88. The molecule has 0 amide bonds. The molecule has 1 aromatic carbocycles. The normalized spacial score (nSPS) is 28.6. The molecule has 2 aliphatic carbocycles. The Hall–Kier alpha value is -1.62. The second kappa shape index (κ2) is 5.64. The van der Waals surface area contributed by atoms with Crippen LogP contribution in [0.3, 0.4) is 0 Å². The number of fused-ring (bicyclic) bond motifs is 2. The molecule has 4 atom stereocenters. The van der Waals surface area contributed by atoms with Gasteiger partial charge in [0.1, 0.15) is 5.75 Å². The van der Waals surface area contributed by atoms with Crippen molar-refractivity contribution in [2.75, 3.05) is 6.61 Å². The third-order valence-electron chi connectivity index (χ3n) is 4.99. The first-order chi connectivity index (χ1) is 10.0. The monoisotopic (exact) mass is 291 g/mol. The number of nitro groups is 1. The molecule has 114 valence electrons. The van der Waals surface area contributed by atoms with Crippen LogP contribution < -0.4 is 4.74 Å². The van der Waals surface area contributed by atoms with Gasteiger partial charge in [-0.1, -0.05) is 6.42 Å². The number of hydrogen-bond acceptors (Lipinski definition) is 4. The molecule has 2 fully saturated rings. The second-order valence-corrected chi connectivity index (χ2v) is 6.40. The number of rotatable bonds is 5. The predicted molar refractivity (Wildman–Crippen MR) is 78.2 cm³/mol. The van der Waals surface area contributed by atoms with E-state index in [9.17, 15) is 15.2 Å². The lowest BCUT2D eigenvalue weighted by atomic mass is 9.89. The first-order valence-corrected chi connectivity index (χ1v) is 7.63. The largest absolute Gasteiger partial charge is 0.493 e. The summed E-state index contributed by atoms with van der Waals surface area (Å²) in [7, 11) is 0. The maximum absolute atomic E-state index is 10.8. The maximum atomic E-state index is 10.8. The summed E-state index contributed by atoms with van der Waals surface area (Å²) in [6, 6.07) is 4.44. The molecule has 2 saturated carbocycles. The lowest BCUT2D eigenvalue weighted by Gasteiger charge is -2.22. The molecule has 0 heterocycles. The highest BCUT2D eigenvalue weighted by atomic mass is 16.6. The zero-order chi connectivity index (χ0) is 15.0. The number of ether oxygens (including phenoxy) is 1. The third-order valence-corrected chi connectivity index (χ3v) is 4.99. The van der Waals surface area contributed by atoms with Crippen LogP contribution in [0.2, 0.25) is 0 Å². The summed E-state index contributed by atoms with van der Waals surface area (Å²) in [4.78, 5) is 10.4. The predicted octanol–water partition coefficient (Wildman–Crippen LogP) is 3.46. The van der Waals surface area contributed by atoms with E-state index in [0.29, 0.717) is 23.8 Å². The number of hydrogen-bond donors (Lipinski definition) is 1. The molecular formula is C16H21NO4. The van der Waals surface area contributed by atoms with Crippen LogP contribution in [0, 0.1) is 27.9 Å². The molecule has 1 aromatic rings.